The van der Waals surface area contributed by atoms with E-state index in [0.29, 0.717) is 13.1 Å². The molecule has 4 atom stereocenters. The zero-order valence-corrected chi connectivity index (χ0v) is 23.4. The van der Waals surface area contributed by atoms with Crippen molar-refractivity contribution in [2.45, 2.75) is 50.7 Å². The zero-order chi connectivity index (χ0) is 30.2. The van der Waals surface area contributed by atoms with Crippen LogP contribution in [0.3, 0.4) is 0 Å². The molecule has 3 aliphatic rings. The third kappa shape index (κ3) is 5.65. The maximum absolute atomic E-state index is 14.3. The first-order valence-electron chi connectivity index (χ1n) is 13.9. The maximum Gasteiger partial charge on any atom is 0.416 e. The van der Waals surface area contributed by atoms with Crippen molar-refractivity contribution >= 4 is 17.8 Å². The highest BCUT2D eigenvalue weighted by Crippen LogP contribution is 2.42. The second-order valence-electron chi connectivity index (χ2n) is 10.9. The molecule has 0 spiro atoms. The fraction of sp³-hybridized carbons (Fsp3) is 0.387. The number of rotatable bonds is 7. The van der Waals surface area contributed by atoms with E-state index in [1.54, 1.807) is 4.90 Å². The predicted octanol–water partition coefficient (Wildman–Crippen LogP) is 4.30. The third-order valence-electron chi connectivity index (χ3n) is 7.80. The molecule has 0 unspecified atom stereocenters. The lowest BCUT2D eigenvalue weighted by Crippen LogP contribution is -2.56. The molecule has 0 saturated carbocycles. The second-order valence-corrected chi connectivity index (χ2v) is 10.9. The van der Waals surface area contributed by atoms with Crippen molar-refractivity contribution in [3.05, 3.63) is 95.2 Å². The third-order valence-corrected chi connectivity index (χ3v) is 7.80. The lowest BCUT2D eigenvalue weighted by molar-refractivity contribution is -0.151. The number of alkyl halides is 3. The highest BCUT2D eigenvalue weighted by Gasteiger charge is 2.49. The molecule has 5 rings (SSSR count). The summed E-state index contributed by atoms with van der Waals surface area (Å²) >= 11 is 0. The summed E-state index contributed by atoms with van der Waals surface area (Å²) in [5.41, 5.74) is -0.0817. The highest BCUT2D eigenvalue weighted by molar-refractivity contribution is 6.03. The topological polar surface area (TPSA) is 82.2 Å². The Hall–Kier alpha value is -4.12. The van der Waals surface area contributed by atoms with Gasteiger partial charge in [-0.05, 0) is 31.0 Å². The molecule has 1 saturated heterocycles. The van der Waals surface area contributed by atoms with Crippen LogP contribution in [0.4, 0.5) is 18.0 Å². The molecule has 4 amide bonds. The quantitative estimate of drug-likeness (QED) is 0.494. The Kier molecular flexibility index (Phi) is 8.14. The van der Waals surface area contributed by atoms with Crippen molar-refractivity contribution in [3.63, 3.8) is 0 Å². The molecule has 1 N–H and O–H groups in total. The van der Waals surface area contributed by atoms with E-state index in [4.69, 9.17) is 4.74 Å². The minimum atomic E-state index is -4.71. The van der Waals surface area contributed by atoms with Gasteiger partial charge >= 0.3 is 12.2 Å². The number of morpholine rings is 1. The van der Waals surface area contributed by atoms with Crippen molar-refractivity contribution < 1.29 is 32.3 Å². The van der Waals surface area contributed by atoms with Crippen LogP contribution in [0.1, 0.15) is 36.6 Å². The minimum Gasteiger partial charge on any atom is -0.372 e. The first kappa shape index (κ1) is 29.4. The Morgan fingerprint density at radius 2 is 1.71 bits per heavy atom. The summed E-state index contributed by atoms with van der Waals surface area (Å²) < 4.78 is 48.0. The van der Waals surface area contributed by atoms with Crippen LogP contribution < -0.4 is 5.32 Å². The molecule has 0 aromatic heterocycles. The molecule has 2 aromatic carbocycles. The Morgan fingerprint density at radius 1 is 1.07 bits per heavy atom. The van der Waals surface area contributed by atoms with Gasteiger partial charge in [-0.1, -0.05) is 54.6 Å². The van der Waals surface area contributed by atoms with E-state index in [0.717, 1.165) is 11.6 Å². The van der Waals surface area contributed by atoms with Gasteiger partial charge in [-0.15, -0.1) is 6.58 Å². The van der Waals surface area contributed by atoms with Gasteiger partial charge in [0, 0.05) is 26.1 Å². The summed E-state index contributed by atoms with van der Waals surface area (Å²) in [6.45, 7) is 8.05. The monoisotopic (exact) mass is 582 g/mol. The molecule has 0 bridgehead atoms. The molecular weight excluding hydrogens is 549 g/mol. The van der Waals surface area contributed by atoms with Gasteiger partial charge in [0.25, 0.3) is 5.91 Å². The highest BCUT2D eigenvalue weighted by atomic mass is 19.4. The van der Waals surface area contributed by atoms with Crippen molar-refractivity contribution in [3.8, 4) is 0 Å². The van der Waals surface area contributed by atoms with E-state index in [1.807, 2.05) is 44.2 Å². The Morgan fingerprint density at radius 3 is 2.36 bits per heavy atom. The average Bonchev–Trinajstić information content (AvgIpc) is 3.29. The molecule has 42 heavy (non-hydrogen) atoms. The molecule has 0 aliphatic carbocycles. The van der Waals surface area contributed by atoms with Gasteiger partial charge in [0.15, 0.2) is 0 Å². The van der Waals surface area contributed by atoms with Crippen LogP contribution in [-0.4, -0.2) is 77.0 Å². The van der Waals surface area contributed by atoms with E-state index >= 15 is 0 Å². The molecule has 3 aliphatic heterocycles. The smallest absolute Gasteiger partial charge is 0.372 e. The number of carbonyl (C=O) groups excluding carboxylic acids is 3. The molecule has 1 fully saturated rings. The Balaban J connectivity index is 1.57. The fourth-order valence-corrected chi connectivity index (χ4v) is 6.06. The summed E-state index contributed by atoms with van der Waals surface area (Å²) in [5, 5.41) is 2.62. The first-order valence-corrected chi connectivity index (χ1v) is 13.9. The number of benzene rings is 2. The van der Waals surface area contributed by atoms with Gasteiger partial charge in [-0.3, -0.25) is 14.5 Å². The average molecular weight is 583 g/mol. The summed E-state index contributed by atoms with van der Waals surface area (Å²) in [4.78, 5) is 46.0. The van der Waals surface area contributed by atoms with Crippen molar-refractivity contribution in [1.29, 1.82) is 0 Å². The molecule has 2 aromatic rings. The van der Waals surface area contributed by atoms with Crippen LogP contribution in [0.2, 0.25) is 0 Å². The molecule has 0 radical (unpaired) electrons. The number of halogens is 3. The zero-order valence-electron chi connectivity index (χ0n) is 23.4. The van der Waals surface area contributed by atoms with Crippen LogP contribution in [-0.2, 0) is 26.9 Å². The SMILES string of the molecule is C=CCN1C(=O)N[C@H](c2ccccc2C(F)(F)F)C2=C1CN([C@@H](Cc1ccccc1)C(=O)N1C[C@@H](C)O[C@@H](C)C1)C2=O. The number of ether oxygens (including phenoxy) is 1. The summed E-state index contributed by atoms with van der Waals surface area (Å²) in [5.74, 6) is -0.875. The van der Waals surface area contributed by atoms with Crippen molar-refractivity contribution in [2.75, 3.05) is 26.2 Å². The second kappa shape index (κ2) is 11.6. The van der Waals surface area contributed by atoms with E-state index < -0.39 is 35.8 Å². The summed E-state index contributed by atoms with van der Waals surface area (Å²) in [6, 6.07) is 11.2. The van der Waals surface area contributed by atoms with Crippen molar-refractivity contribution in [1.82, 2.24) is 20.0 Å². The van der Waals surface area contributed by atoms with Gasteiger partial charge in [0.05, 0.1) is 41.6 Å². The van der Waals surface area contributed by atoms with E-state index in [-0.39, 0.29) is 54.5 Å². The lowest BCUT2D eigenvalue weighted by atomic mass is 9.91. The first-order chi connectivity index (χ1) is 20.0. The van der Waals surface area contributed by atoms with Crippen molar-refractivity contribution in [2.24, 2.45) is 0 Å². The van der Waals surface area contributed by atoms with E-state index in [2.05, 4.69) is 11.9 Å². The van der Waals surface area contributed by atoms with Crippen LogP contribution in [0.25, 0.3) is 0 Å². The van der Waals surface area contributed by atoms with Crippen LogP contribution in [0, 0.1) is 0 Å². The van der Waals surface area contributed by atoms with E-state index in [1.165, 1.54) is 34.1 Å². The van der Waals surface area contributed by atoms with Gasteiger partial charge in [-0.25, -0.2) is 4.79 Å². The molecule has 8 nitrogen and oxygen atoms in total. The number of hydrogen-bond acceptors (Lipinski definition) is 4. The molecular formula is C31H33F3N4O4. The van der Waals surface area contributed by atoms with Gasteiger partial charge < -0.3 is 19.9 Å². The number of amides is 4. The number of nitrogens with zero attached hydrogens (tertiary/aromatic N) is 3. The standard InChI is InChI=1S/C31H33F3N4O4/c1-4-14-37-25-18-38(24(15-21-10-6-5-7-11-21)28(39)36-16-19(2)42-20(3)17-36)29(40)26(25)27(35-30(37)41)22-12-8-9-13-23(22)31(32,33)34/h4-13,19-20,24,27H,1,14-18H2,2-3H3,(H,35,41)/t19-,20+,24-,27+/m0/s1. The van der Waals surface area contributed by atoms with Gasteiger partial charge in [-0.2, -0.15) is 13.2 Å². The largest absolute Gasteiger partial charge is 0.416 e. The summed E-state index contributed by atoms with van der Waals surface area (Å²) in [6.07, 6.45) is -3.45. The van der Waals surface area contributed by atoms with Crippen LogP contribution in [0.15, 0.2) is 78.5 Å². The molecule has 3 heterocycles. The molecule has 222 valence electrons. The predicted molar refractivity (Wildman–Crippen MR) is 149 cm³/mol. The summed E-state index contributed by atoms with van der Waals surface area (Å²) in [7, 11) is 0. The fourth-order valence-electron chi connectivity index (χ4n) is 6.06. The Bertz CT molecular complexity index is 1400. The van der Waals surface area contributed by atoms with E-state index in [9.17, 15) is 27.6 Å². The number of nitrogens with one attached hydrogen (secondary N) is 1. The number of hydrogen-bond donors (Lipinski definition) is 1. The van der Waals surface area contributed by atoms with Crippen LogP contribution >= 0.6 is 0 Å². The van der Waals surface area contributed by atoms with Gasteiger partial charge in [0.1, 0.15) is 6.04 Å². The lowest BCUT2D eigenvalue weighted by Gasteiger charge is -2.39. The van der Waals surface area contributed by atoms with Gasteiger partial charge in [0.2, 0.25) is 5.91 Å². The normalized spacial score (nSPS) is 23.5. The number of carbonyl (C=O) groups is 3. The minimum absolute atomic E-state index is 0.0164. The molecule has 11 heteroatoms. The number of urea groups is 1. The maximum atomic E-state index is 14.3. The van der Waals surface area contributed by atoms with Crippen LogP contribution in [0.5, 0.6) is 0 Å². The Labute approximate surface area is 242 Å².